The largest absolute Gasteiger partial charge is 0.462 e. The highest BCUT2D eigenvalue weighted by Gasteiger charge is 2.27. The van der Waals surface area contributed by atoms with Gasteiger partial charge in [0.05, 0.1) is 12.0 Å². The van der Waals surface area contributed by atoms with E-state index in [0.717, 1.165) is 0 Å². The van der Waals surface area contributed by atoms with Crippen molar-refractivity contribution in [3.05, 3.63) is 69.0 Å². The van der Waals surface area contributed by atoms with Gasteiger partial charge in [-0.15, -0.1) is 0 Å². The third kappa shape index (κ3) is 4.32. The highest BCUT2D eigenvalue weighted by molar-refractivity contribution is 5.94. The van der Waals surface area contributed by atoms with Crippen molar-refractivity contribution in [1.29, 1.82) is 0 Å². The van der Waals surface area contributed by atoms with Gasteiger partial charge in [0.2, 0.25) is 5.43 Å². The number of aryl methyl sites for hydroxylation is 3. The second-order valence-electron chi connectivity index (χ2n) is 8.19. The molecule has 0 radical (unpaired) electrons. The van der Waals surface area contributed by atoms with E-state index in [4.69, 9.17) is 10.5 Å². The van der Waals surface area contributed by atoms with E-state index in [-0.39, 0.29) is 59.4 Å². The van der Waals surface area contributed by atoms with Gasteiger partial charge in [0, 0.05) is 37.4 Å². The maximum Gasteiger partial charge on any atom is 0.343 e. The van der Waals surface area contributed by atoms with Crippen molar-refractivity contribution in [1.82, 2.24) is 9.55 Å². The fourth-order valence-electron chi connectivity index (χ4n) is 4.20. The topological polar surface area (TPSA) is 90.5 Å². The van der Waals surface area contributed by atoms with Crippen LogP contribution >= 0.6 is 0 Å². The number of carbonyl (C=O) groups is 1. The van der Waals surface area contributed by atoms with Gasteiger partial charge >= 0.3 is 5.97 Å². The Morgan fingerprint density at radius 1 is 1.30 bits per heavy atom. The molecule has 4 rings (SSSR count). The highest BCUT2D eigenvalue weighted by atomic mass is 19.1. The van der Waals surface area contributed by atoms with Crippen LogP contribution in [0, 0.1) is 18.6 Å². The summed E-state index contributed by atoms with van der Waals surface area (Å²) in [6.07, 6.45) is 2.36. The van der Waals surface area contributed by atoms with Gasteiger partial charge in [-0.2, -0.15) is 0 Å². The van der Waals surface area contributed by atoms with Crippen LogP contribution < -0.4 is 16.1 Å². The van der Waals surface area contributed by atoms with Crippen LogP contribution in [0.4, 0.5) is 14.6 Å². The molecule has 3 heterocycles. The summed E-state index contributed by atoms with van der Waals surface area (Å²) < 4.78 is 36.2. The number of rotatable bonds is 6. The number of carbonyl (C=O) groups excluding carboxylic acids is 1. The minimum atomic E-state index is -0.793. The van der Waals surface area contributed by atoms with Crippen LogP contribution in [0.25, 0.3) is 11.0 Å². The number of pyridine rings is 2. The second-order valence-corrected chi connectivity index (χ2v) is 8.19. The lowest BCUT2D eigenvalue weighted by Crippen LogP contribution is -2.29. The molecule has 0 bridgehead atoms. The molecule has 2 aromatic heterocycles. The average Bonchev–Trinajstić information content (AvgIpc) is 3.22. The molecule has 1 fully saturated rings. The third-order valence-corrected chi connectivity index (χ3v) is 5.96. The summed E-state index contributed by atoms with van der Waals surface area (Å²) in [7, 11) is 0. The Kier molecular flexibility index (Phi) is 6.42. The lowest BCUT2D eigenvalue weighted by molar-refractivity contribution is 0.0524. The average molecular weight is 456 g/mol. The summed E-state index contributed by atoms with van der Waals surface area (Å²) in [5, 5.41) is 0.0128. The van der Waals surface area contributed by atoms with E-state index in [9.17, 15) is 14.0 Å². The maximum atomic E-state index is 15.3. The molecule has 2 N–H and O–H groups in total. The summed E-state index contributed by atoms with van der Waals surface area (Å²) in [5.41, 5.74) is 5.96. The Bertz CT molecular complexity index is 1270. The lowest BCUT2D eigenvalue weighted by Gasteiger charge is -2.21. The first-order valence-corrected chi connectivity index (χ1v) is 11.0. The number of aromatic nitrogens is 2. The van der Waals surface area contributed by atoms with Crippen molar-refractivity contribution < 1.29 is 18.3 Å². The quantitative estimate of drug-likeness (QED) is 0.574. The Balaban J connectivity index is 1.89. The number of halogens is 2. The minimum absolute atomic E-state index is 0.0128. The molecule has 0 aliphatic carbocycles. The van der Waals surface area contributed by atoms with E-state index in [1.165, 1.54) is 19.2 Å². The first kappa shape index (κ1) is 22.8. The standard InChI is InChI=1S/C24H26F2N4O3/c1-3-33-24(32)17-13-30(10-8-15-6-4-5-7-18(15)25)22-19(21(17)31)14(2)20(26)23(28-22)29-11-9-16(27)12-29/h4-7,13,16H,3,8-12,27H2,1-2H3. The summed E-state index contributed by atoms with van der Waals surface area (Å²) in [6, 6.07) is 6.29. The molecule has 1 aromatic carbocycles. The van der Waals surface area contributed by atoms with Gasteiger partial charge in [-0.1, -0.05) is 18.2 Å². The van der Waals surface area contributed by atoms with Crippen LogP contribution in [0.3, 0.4) is 0 Å². The van der Waals surface area contributed by atoms with E-state index >= 15 is 4.39 Å². The van der Waals surface area contributed by atoms with Crippen molar-refractivity contribution in [3.63, 3.8) is 0 Å². The van der Waals surface area contributed by atoms with Gasteiger partial charge in [0.15, 0.2) is 11.6 Å². The van der Waals surface area contributed by atoms with Crippen molar-refractivity contribution in [2.45, 2.75) is 39.3 Å². The van der Waals surface area contributed by atoms with Gasteiger partial charge < -0.3 is 19.9 Å². The number of nitrogens with two attached hydrogens (primary N) is 1. The first-order chi connectivity index (χ1) is 15.8. The predicted octanol–water partition coefficient (Wildman–Crippen LogP) is 2.94. The molecule has 1 atom stereocenters. The molecule has 1 unspecified atom stereocenters. The molecular formula is C24H26F2N4O3. The maximum absolute atomic E-state index is 15.3. The van der Waals surface area contributed by atoms with Gasteiger partial charge in [-0.05, 0) is 38.3 Å². The fraction of sp³-hybridized carbons (Fsp3) is 0.375. The predicted molar refractivity (Wildman–Crippen MR) is 122 cm³/mol. The van der Waals surface area contributed by atoms with Crippen molar-refractivity contribution in [3.8, 4) is 0 Å². The zero-order chi connectivity index (χ0) is 23.7. The Hall–Kier alpha value is -3.33. The number of nitrogens with zero attached hydrogens (tertiary/aromatic N) is 3. The molecule has 7 nitrogen and oxygen atoms in total. The molecule has 1 aliphatic heterocycles. The van der Waals surface area contributed by atoms with Gasteiger partial charge in [-0.3, -0.25) is 4.79 Å². The second kappa shape index (κ2) is 9.27. The van der Waals surface area contributed by atoms with Gasteiger partial charge in [0.1, 0.15) is 17.0 Å². The van der Waals surface area contributed by atoms with Crippen LogP contribution in [0.1, 0.15) is 34.8 Å². The number of hydrogen-bond donors (Lipinski definition) is 1. The number of hydrogen-bond acceptors (Lipinski definition) is 6. The van der Waals surface area contributed by atoms with E-state index in [0.29, 0.717) is 25.1 Å². The van der Waals surface area contributed by atoms with E-state index in [1.54, 1.807) is 34.6 Å². The van der Waals surface area contributed by atoms with Crippen molar-refractivity contribution in [2.24, 2.45) is 5.73 Å². The van der Waals surface area contributed by atoms with E-state index < -0.39 is 17.2 Å². The number of esters is 1. The minimum Gasteiger partial charge on any atom is -0.462 e. The SMILES string of the molecule is CCOC(=O)c1cn(CCc2ccccc2F)c2nc(N3CCC(N)C3)c(F)c(C)c2c1=O. The van der Waals surface area contributed by atoms with Crippen molar-refractivity contribution >= 4 is 22.8 Å². The molecule has 0 amide bonds. The zero-order valence-corrected chi connectivity index (χ0v) is 18.6. The molecule has 33 heavy (non-hydrogen) atoms. The number of fused-ring (bicyclic) bond motifs is 1. The Morgan fingerprint density at radius 3 is 2.73 bits per heavy atom. The Morgan fingerprint density at radius 2 is 2.06 bits per heavy atom. The molecule has 174 valence electrons. The molecule has 0 saturated carbocycles. The Labute approximate surface area is 189 Å². The van der Waals surface area contributed by atoms with E-state index in [1.807, 2.05) is 0 Å². The molecular weight excluding hydrogens is 430 g/mol. The number of ether oxygens (including phenoxy) is 1. The summed E-state index contributed by atoms with van der Waals surface area (Å²) >= 11 is 0. The number of benzene rings is 1. The molecule has 1 aliphatic rings. The fourth-order valence-corrected chi connectivity index (χ4v) is 4.20. The molecule has 1 saturated heterocycles. The highest BCUT2D eigenvalue weighted by Crippen LogP contribution is 2.28. The van der Waals surface area contributed by atoms with Gasteiger partial charge in [-0.25, -0.2) is 18.6 Å². The van der Waals surface area contributed by atoms with Crippen LogP contribution in [0.2, 0.25) is 0 Å². The normalized spacial score (nSPS) is 15.9. The molecule has 3 aromatic rings. The first-order valence-electron chi connectivity index (χ1n) is 11.0. The molecule has 9 heteroatoms. The van der Waals surface area contributed by atoms with Gasteiger partial charge in [0.25, 0.3) is 0 Å². The zero-order valence-electron chi connectivity index (χ0n) is 18.6. The van der Waals surface area contributed by atoms with E-state index in [2.05, 4.69) is 4.98 Å². The van der Waals surface area contributed by atoms with Crippen molar-refractivity contribution in [2.75, 3.05) is 24.6 Å². The van der Waals surface area contributed by atoms with Crippen LogP contribution in [0.5, 0.6) is 0 Å². The molecule has 0 spiro atoms. The summed E-state index contributed by atoms with van der Waals surface area (Å²) in [6.45, 7) is 4.45. The summed E-state index contributed by atoms with van der Waals surface area (Å²) in [4.78, 5) is 31.9. The van der Waals surface area contributed by atoms with Crippen LogP contribution in [0.15, 0.2) is 35.3 Å². The van der Waals surface area contributed by atoms with Crippen LogP contribution in [-0.2, 0) is 17.7 Å². The number of anilines is 1. The lowest BCUT2D eigenvalue weighted by atomic mass is 10.1. The van der Waals surface area contributed by atoms with Crippen LogP contribution in [-0.4, -0.2) is 41.3 Å². The smallest absolute Gasteiger partial charge is 0.343 e. The monoisotopic (exact) mass is 456 g/mol. The summed E-state index contributed by atoms with van der Waals surface area (Å²) in [5.74, 6) is -1.64. The third-order valence-electron chi connectivity index (χ3n) is 5.96.